The van der Waals surface area contributed by atoms with Crippen LogP contribution in [0.4, 0.5) is 15.9 Å². The maximum absolute atomic E-state index is 13.3. The minimum Gasteiger partial charge on any atom is -0.478 e. The maximum Gasteiger partial charge on any atom is 0.339 e. The topological polar surface area (TPSA) is 99.6 Å². The van der Waals surface area contributed by atoms with Crippen molar-refractivity contribution in [2.24, 2.45) is 0 Å². The molecule has 1 aromatic heterocycles. The first-order chi connectivity index (χ1) is 12.2. The molecule has 26 heavy (non-hydrogen) atoms. The molecule has 0 aliphatic rings. The van der Waals surface area contributed by atoms with E-state index in [-0.39, 0.29) is 22.0 Å². The summed E-state index contributed by atoms with van der Waals surface area (Å²) in [4.78, 5) is 17.1. The lowest BCUT2D eigenvalue weighted by atomic mass is 10.2. The van der Waals surface area contributed by atoms with Crippen molar-refractivity contribution in [3.8, 4) is 0 Å². The number of carbonyl (C=O) groups is 1. The molecular weight excluding hydrogens is 361 g/mol. The summed E-state index contributed by atoms with van der Waals surface area (Å²) in [6, 6.07) is 5.72. The third-order valence-corrected chi connectivity index (χ3v) is 5.04. The molecule has 0 atom stereocenters. The number of nitrogens with zero attached hydrogens (tertiary/aromatic N) is 2. The number of rotatable bonds is 8. The van der Waals surface area contributed by atoms with Gasteiger partial charge in [-0.2, -0.15) is 0 Å². The van der Waals surface area contributed by atoms with Crippen LogP contribution < -0.4 is 9.62 Å². The number of nitrogens with one attached hydrogen (secondary N) is 1. The van der Waals surface area contributed by atoms with E-state index in [1.54, 1.807) is 11.9 Å². The fourth-order valence-electron chi connectivity index (χ4n) is 2.32. The zero-order valence-corrected chi connectivity index (χ0v) is 15.3. The summed E-state index contributed by atoms with van der Waals surface area (Å²) in [5.41, 5.74) is -0.137. The molecule has 0 radical (unpaired) electrons. The van der Waals surface area contributed by atoms with Gasteiger partial charge >= 0.3 is 5.97 Å². The monoisotopic (exact) mass is 381 g/mol. The Hall–Kier alpha value is -2.68. The first-order valence-corrected chi connectivity index (χ1v) is 9.45. The van der Waals surface area contributed by atoms with Crippen molar-refractivity contribution < 1.29 is 22.7 Å². The van der Waals surface area contributed by atoms with E-state index in [4.69, 9.17) is 0 Å². The molecule has 2 N–H and O–H groups in total. The maximum atomic E-state index is 13.3. The van der Waals surface area contributed by atoms with Gasteiger partial charge < -0.3 is 10.0 Å². The van der Waals surface area contributed by atoms with Crippen LogP contribution in [0.15, 0.2) is 41.4 Å². The van der Waals surface area contributed by atoms with Crippen LogP contribution in [0.1, 0.15) is 30.1 Å². The van der Waals surface area contributed by atoms with Crippen molar-refractivity contribution >= 4 is 27.5 Å². The highest BCUT2D eigenvalue weighted by Gasteiger charge is 2.19. The van der Waals surface area contributed by atoms with E-state index in [0.29, 0.717) is 6.54 Å². The lowest BCUT2D eigenvalue weighted by Crippen LogP contribution is -2.23. The van der Waals surface area contributed by atoms with Gasteiger partial charge in [0.2, 0.25) is 0 Å². The standard InChI is InChI=1S/C17H20FN3O4S/c1-3-4-8-21(2)16-15(17(22)23)10-13(11-19-16)20-26(24,25)14-7-5-6-12(18)9-14/h5-7,9-11,20H,3-4,8H2,1-2H3,(H,22,23). The molecule has 0 bridgehead atoms. The largest absolute Gasteiger partial charge is 0.478 e. The van der Waals surface area contributed by atoms with Gasteiger partial charge in [0.1, 0.15) is 17.2 Å². The SMILES string of the molecule is CCCCN(C)c1ncc(NS(=O)(=O)c2cccc(F)c2)cc1C(=O)O. The Bertz CT molecular complexity index is 903. The molecule has 0 fully saturated rings. The second kappa shape index (κ2) is 8.13. The lowest BCUT2D eigenvalue weighted by Gasteiger charge is -2.20. The number of hydrogen-bond acceptors (Lipinski definition) is 5. The van der Waals surface area contributed by atoms with Gasteiger partial charge in [-0.3, -0.25) is 4.72 Å². The summed E-state index contributed by atoms with van der Waals surface area (Å²) in [7, 11) is -2.34. The molecular formula is C17H20FN3O4S. The third kappa shape index (κ3) is 4.69. The summed E-state index contributed by atoms with van der Waals surface area (Å²) in [6.45, 7) is 2.64. The smallest absolute Gasteiger partial charge is 0.339 e. The number of halogens is 1. The quantitative estimate of drug-likeness (QED) is 0.729. The summed E-state index contributed by atoms with van der Waals surface area (Å²) in [6.07, 6.45) is 3.05. The van der Waals surface area contributed by atoms with Crippen molar-refractivity contribution in [2.75, 3.05) is 23.2 Å². The Labute approximate surface area is 151 Å². The van der Waals surface area contributed by atoms with Gasteiger partial charge in [0.25, 0.3) is 10.0 Å². The van der Waals surface area contributed by atoms with E-state index >= 15 is 0 Å². The molecule has 2 aromatic rings. The molecule has 140 valence electrons. The van der Waals surface area contributed by atoms with E-state index in [1.807, 2.05) is 6.92 Å². The van der Waals surface area contributed by atoms with Crippen LogP contribution in [-0.2, 0) is 10.0 Å². The van der Waals surface area contributed by atoms with E-state index in [0.717, 1.165) is 25.0 Å². The number of pyridine rings is 1. The number of sulfonamides is 1. The number of hydrogen-bond donors (Lipinski definition) is 2. The van der Waals surface area contributed by atoms with E-state index < -0.39 is 21.8 Å². The number of benzene rings is 1. The second-order valence-electron chi connectivity index (χ2n) is 5.74. The molecule has 0 spiro atoms. The predicted molar refractivity (Wildman–Crippen MR) is 96.6 cm³/mol. The summed E-state index contributed by atoms with van der Waals surface area (Å²) < 4.78 is 40.2. The summed E-state index contributed by atoms with van der Waals surface area (Å²) in [5.74, 6) is -1.66. The molecule has 0 aliphatic heterocycles. The first kappa shape index (κ1) is 19.6. The number of aromatic carboxylic acids is 1. The van der Waals surface area contributed by atoms with Crippen LogP contribution in [-0.4, -0.2) is 38.1 Å². The fraction of sp³-hybridized carbons (Fsp3) is 0.294. The average molecular weight is 381 g/mol. The molecule has 0 saturated carbocycles. The normalized spacial score (nSPS) is 11.2. The molecule has 0 aliphatic carbocycles. The van der Waals surface area contributed by atoms with Crippen molar-refractivity contribution in [2.45, 2.75) is 24.7 Å². The predicted octanol–water partition coefficient (Wildman–Crippen LogP) is 2.96. The zero-order chi connectivity index (χ0) is 19.3. The van der Waals surface area contributed by atoms with Crippen molar-refractivity contribution in [3.05, 3.63) is 47.9 Å². The molecule has 2 rings (SSSR count). The van der Waals surface area contributed by atoms with Gasteiger partial charge in [0.05, 0.1) is 16.8 Å². The Morgan fingerprint density at radius 3 is 2.69 bits per heavy atom. The molecule has 0 amide bonds. The number of anilines is 2. The highest BCUT2D eigenvalue weighted by atomic mass is 32.2. The highest BCUT2D eigenvalue weighted by Crippen LogP contribution is 2.23. The average Bonchev–Trinajstić information content (AvgIpc) is 2.59. The van der Waals surface area contributed by atoms with Gasteiger partial charge in [-0.1, -0.05) is 19.4 Å². The minimum atomic E-state index is -4.06. The molecule has 7 nitrogen and oxygen atoms in total. The van der Waals surface area contributed by atoms with Crippen LogP contribution in [0.5, 0.6) is 0 Å². The number of unbranched alkanes of at least 4 members (excludes halogenated alkanes) is 1. The van der Waals surface area contributed by atoms with Crippen molar-refractivity contribution in [3.63, 3.8) is 0 Å². The molecule has 0 saturated heterocycles. The second-order valence-corrected chi connectivity index (χ2v) is 7.42. The van der Waals surface area contributed by atoms with Crippen LogP contribution in [0.25, 0.3) is 0 Å². The fourth-order valence-corrected chi connectivity index (χ4v) is 3.39. The van der Waals surface area contributed by atoms with Gasteiger partial charge in [-0.25, -0.2) is 22.6 Å². The summed E-state index contributed by atoms with van der Waals surface area (Å²) >= 11 is 0. The van der Waals surface area contributed by atoms with E-state index in [9.17, 15) is 22.7 Å². The van der Waals surface area contributed by atoms with Gasteiger partial charge in [0.15, 0.2) is 0 Å². The van der Waals surface area contributed by atoms with Crippen LogP contribution >= 0.6 is 0 Å². The summed E-state index contributed by atoms with van der Waals surface area (Å²) in [5, 5.41) is 9.42. The Kier molecular flexibility index (Phi) is 6.14. The van der Waals surface area contributed by atoms with Crippen LogP contribution in [0.3, 0.4) is 0 Å². The Morgan fingerprint density at radius 2 is 2.08 bits per heavy atom. The lowest BCUT2D eigenvalue weighted by molar-refractivity contribution is 0.0697. The first-order valence-electron chi connectivity index (χ1n) is 7.97. The van der Waals surface area contributed by atoms with Crippen LogP contribution in [0, 0.1) is 5.82 Å². The number of carboxylic acids is 1. The zero-order valence-electron chi connectivity index (χ0n) is 14.4. The molecule has 9 heteroatoms. The third-order valence-electron chi connectivity index (χ3n) is 3.66. The Balaban J connectivity index is 2.33. The number of aromatic nitrogens is 1. The molecule has 1 heterocycles. The number of carboxylic acid groups (broad SMARTS) is 1. The van der Waals surface area contributed by atoms with Crippen molar-refractivity contribution in [1.82, 2.24) is 4.98 Å². The minimum absolute atomic E-state index is 0.0145. The van der Waals surface area contributed by atoms with Gasteiger partial charge in [0, 0.05) is 13.6 Å². The van der Waals surface area contributed by atoms with Crippen molar-refractivity contribution in [1.29, 1.82) is 0 Å². The van der Waals surface area contributed by atoms with Gasteiger partial charge in [-0.15, -0.1) is 0 Å². The van der Waals surface area contributed by atoms with Crippen LogP contribution in [0.2, 0.25) is 0 Å². The highest BCUT2D eigenvalue weighted by molar-refractivity contribution is 7.92. The Morgan fingerprint density at radius 1 is 1.35 bits per heavy atom. The van der Waals surface area contributed by atoms with E-state index in [1.165, 1.54) is 24.4 Å². The molecule has 1 aromatic carbocycles. The van der Waals surface area contributed by atoms with E-state index in [2.05, 4.69) is 9.71 Å². The van der Waals surface area contributed by atoms with Gasteiger partial charge in [-0.05, 0) is 30.7 Å². The molecule has 0 unspecified atom stereocenters.